The third kappa shape index (κ3) is 1.71. The van der Waals surface area contributed by atoms with Gasteiger partial charge in [0.2, 0.25) is 11.8 Å². The summed E-state index contributed by atoms with van der Waals surface area (Å²) in [6.45, 7) is 0.0585. The molecule has 84 valence electrons. The first-order valence-corrected chi connectivity index (χ1v) is 4.92. The molecule has 1 heterocycles. The predicted octanol–water partition coefficient (Wildman–Crippen LogP) is 0.0215. The first-order chi connectivity index (χ1) is 7.59. The molecule has 2 rings (SSSR count). The molecule has 0 spiro atoms. The van der Waals surface area contributed by atoms with Crippen molar-refractivity contribution in [1.29, 1.82) is 0 Å². The van der Waals surface area contributed by atoms with Gasteiger partial charge < -0.3 is 15.3 Å². The summed E-state index contributed by atoms with van der Waals surface area (Å²) in [5.41, 5.74) is 0.424. The van der Waals surface area contributed by atoms with Gasteiger partial charge >= 0.3 is 0 Å². The zero-order valence-corrected chi connectivity index (χ0v) is 8.80. The Morgan fingerprint density at radius 2 is 2.06 bits per heavy atom. The number of aromatic hydroxyl groups is 1. The predicted molar refractivity (Wildman–Crippen MR) is 56.6 cm³/mol. The van der Waals surface area contributed by atoms with Crippen LogP contribution < -0.4 is 5.32 Å². The van der Waals surface area contributed by atoms with Gasteiger partial charge in [-0.05, 0) is 6.07 Å². The van der Waals surface area contributed by atoms with Crippen molar-refractivity contribution in [3.05, 3.63) is 29.8 Å². The summed E-state index contributed by atoms with van der Waals surface area (Å²) in [5, 5.41) is 12.2. The van der Waals surface area contributed by atoms with E-state index in [4.69, 9.17) is 0 Å². The number of carbonyl (C=O) groups excluding carboxylic acids is 2. The van der Waals surface area contributed by atoms with Crippen LogP contribution in [-0.4, -0.2) is 35.4 Å². The van der Waals surface area contributed by atoms with E-state index in [9.17, 15) is 14.7 Å². The fourth-order valence-electron chi connectivity index (χ4n) is 1.72. The number of likely N-dealkylation sites (N-methyl/N-ethyl adjacent to an activating group) is 1. The van der Waals surface area contributed by atoms with Gasteiger partial charge in [-0.2, -0.15) is 0 Å². The molecule has 1 aliphatic heterocycles. The van der Waals surface area contributed by atoms with Gasteiger partial charge in [-0.3, -0.25) is 9.59 Å². The Labute approximate surface area is 92.7 Å². The van der Waals surface area contributed by atoms with Crippen molar-refractivity contribution >= 4 is 11.8 Å². The summed E-state index contributed by atoms with van der Waals surface area (Å²) in [5.74, 6) is -0.437. The highest BCUT2D eigenvalue weighted by atomic mass is 16.3. The van der Waals surface area contributed by atoms with Gasteiger partial charge in [0.15, 0.2) is 0 Å². The standard InChI is InChI=1S/C11H12N2O3/c1-13-6-9(15)12-10(11(13)16)7-4-2-3-5-8(7)14/h2-5,10,14H,6H2,1H3,(H,12,15)/t10-/m1/s1. The Hall–Kier alpha value is -2.04. The molecule has 0 saturated carbocycles. The summed E-state index contributed by atoms with van der Waals surface area (Å²) in [7, 11) is 1.56. The number of phenols is 1. The maximum absolute atomic E-state index is 11.8. The number of piperazine rings is 1. The molecule has 1 aromatic rings. The van der Waals surface area contributed by atoms with E-state index < -0.39 is 6.04 Å². The first-order valence-electron chi connectivity index (χ1n) is 4.92. The SMILES string of the molecule is CN1CC(=O)N[C@H](c2ccccc2O)C1=O. The van der Waals surface area contributed by atoms with E-state index in [-0.39, 0.29) is 24.1 Å². The lowest BCUT2D eigenvalue weighted by Gasteiger charge is -2.30. The molecular formula is C11H12N2O3. The summed E-state index contributed by atoms with van der Waals surface area (Å²) >= 11 is 0. The number of phenolic OH excluding ortho intramolecular Hbond substituents is 1. The molecule has 0 aromatic heterocycles. The van der Waals surface area contributed by atoms with Crippen molar-refractivity contribution in [2.75, 3.05) is 13.6 Å². The molecule has 1 aliphatic rings. The van der Waals surface area contributed by atoms with Gasteiger partial charge in [0.1, 0.15) is 11.8 Å². The highest BCUT2D eigenvalue weighted by Crippen LogP contribution is 2.26. The number of carbonyl (C=O) groups is 2. The molecule has 1 aromatic carbocycles. The molecule has 5 nitrogen and oxygen atoms in total. The summed E-state index contributed by atoms with van der Waals surface area (Å²) in [6.07, 6.45) is 0. The fraction of sp³-hybridized carbons (Fsp3) is 0.273. The van der Waals surface area contributed by atoms with Crippen LogP contribution in [0.15, 0.2) is 24.3 Å². The normalized spacial score (nSPS) is 20.8. The van der Waals surface area contributed by atoms with Crippen molar-refractivity contribution in [3.63, 3.8) is 0 Å². The molecule has 1 saturated heterocycles. The second kappa shape index (κ2) is 3.84. The van der Waals surface area contributed by atoms with Crippen molar-refractivity contribution in [1.82, 2.24) is 10.2 Å². The van der Waals surface area contributed by atoms with Crippen LogP contribution in [0.1, 0.15) is 11.6 Å². The molecule has 16 heavy (non-hydrogen) atoms. The molecule has 1 fully saturated rings. The average Bonchev–Trinajstić information content (AvgIpc) is 2.24. The largest absolute Gasteiger partial charge is 0.508 e. The minimum atomic E-state index is -0.785. The number of benzene rings is 1. The molecule has 0 unspecified atom stereocenters. The van der Waals surface area contributed by atoms with Crippen LogP contribution in [0.2, 0.25) is 0 Å². The second-order valence-electron chi connectivity index (χ2n) is 3.75. The van der Waals surface area contributed by atoms with Crippen molar-refractivity contribution < 1.29 is 14.7 Å². The highest BCUT2D eigenvalue weighted by Gasteiger charge is 2.32. The van der Waals surface area contributed by atoms with E-state index in [0.29, 0.717) is 5.56 Å². The maximum Gasteiger partial charge on any atom is 0.250 e. The number of hydrogen-bond donors (Lipinski definition) is 2. The Bertz CT molecular complexity index is 445. The topological polar surface area (TPSA) is 69.6 Å². The van der Waals surface area contributed by atoms with Crippen LogP contribution in [0.5, 0.6) is 5.75 Å². The lowest BCUT2D eigenvalue weighted by atomic mass is 10.0. The number of para-hydroxylation sites is 1. The van der Waals surface area contributed by atoms with Crippen LogP contribution in [-0.2, 0) is 9.59 Å². The van der Waals surface area contributed by atoms with Crippen LogP contribution in [0.4, 0.5) is 0 Å². The van der Waals surface area contributed by atoms with E-state index in [0.717, 1.165) is 0 Å². The van der Waals surface area contributed by atoms with Gasteiger partial charge in [-0.25, -0.2) is 0 Å². The highest BCUT2D eigenvalue weighted by molar-refractivity contribution is 5.95. The van der Waals surface area contributed by atoms with Gasteiger partial charge in [0.05, 0.1) is 6.54 Å². The van der Waals surface area contributed by atoms with E-state index in [2.05, 4.69) is 5.32 Å². The number of amides is 2. The zero-order chi connectivity index (χ0) is 11.7. The molecule has 5 heteroatoms. The molecule has 1 atom stereocenters. The molecular weight excluding hydrogens is 208 g/mol. The monoisotopic (exact) mass is 220 g/mol. The van der Waals surface area contributed by atoms with Gasteiger partial charge in [-0.15, -0.1) is 0 Å². The summed E-state index contributed by atoms with van der Waals surface area (Å²) in [6, 6.07) is 5.70. The third-order valence-electron chi connectivity index (χ3n) is 2.56. The maximum atomic E-state index is 11.8. The first kappa shape index (κ1) is 10.5. The summed E-state index contributed by atoms with van der Waals surface area (Å²) in [4.78, 5) is 24.5. The minimum absolute atomic E-state index is 0.0106. The van der Waals surface area contributed by atoms with E-state index in [1.165, 1.54) is 11.0 Å². The van der Waals surface area contributed by atoms with E-state index in [1.807, 2.05) is 0 Å². The average molecular weight is 220 g/mol. The molecule has 2 N–H and O–H groups in total. The van der Waals surface area contributed by atoms with Gasteiger partial charge in [0, 0.05) is 12.6 Å². The van der Waals surface area contributed by atoms with Crippen LogP contribution in [0, 0.1) is 0 Å². The van der Waals surface area contributed by atoms with E-state index in [1.54, 1.807) is 25.2 Å². The Morgan fingerprint density at radius 3 is 2.75 bits per heavy atom. The Kier molecular flexibility index (Phi) is 2.52. The van der Waals surface area contributed by atoms with Crippen molar-refractivity contribution in [2.24, 2.45) is 0 Å². The molecule has 2 amide bonds. The zero-order valence-electron chi connectivity index (χ0n) is 8.80. The molecule has 0 bridgehead atoms. The quantitative estimate of drug-likeness (QED) is 0.701. The number of nitrogens with one attached hydrogen (secondary N) is 1. The minimum Gasteiger partial charge on any atom is -0.508 e. The lowest BCUT2D eigenvalue weighted by molar-refractivity contribution is -0.143. The van der Waals surface area contributed by atoms with Crippen LogP contribution >= 0.6 is 0 Å². The Morgan fingerprint density at radius 1 is 1.38 bits per heavy atom. The van der Waals surface area contributed by atoms with Crippen LogP contribution in [0.3, 0.4) is 0 Å². The Balaban J connectivity index is 2.36. The van der Waals surface area contributed by atoms with Crippen molar-refractivity contribution in [3.8, 4) is 5.75 Å². The van der Waals surface area contributed by atoms with E-state index >= 15 is 0 Å². The lowest BCUT2D eigenvalue weighted by Crippen LogP contribution is -2.51. The number of nitrogens with zero attached hydrogens (tertiary/aromatic N) is 1. The van der Waals surface area contributed by atoms with Gasteiger partial charge in [0.25, 0.3) is 0 Å². The third-order valence-corrected chi connectivity index (χ3v) is 2.56. The van der Waals surface area contributed by atoms with Gasteiger partial charge in [-0.1, -0.05) is 18.2 Å². The smallest absolute Gasteiger partial charge is 0.250 e. The fourth-order valence-corrected chi connectivity index (χ4v) is 1.72. The van der Waals surface area contributed by atoms with Crippen LogP contribution in [0.25, 0.3) is 0 Å². The molecule has 0 aliphatic carbocycles. The number of rotatable bonds is 1. The second-order valence-corrected chi connectivity index (χ2v) is 3.75. The summed E-state index contributed by atoms with van der Waals surface area (Å²) < 4.78 is 0. The molecule has 0 radical (unpaired) electrons. The number of hydrogen-bond acceptors (Lipinski definition) is 3. The van der Waals surface area contributed by atoms with Crippen molar-refractivity contribution in [2.45, 2.75) is 6.04 Å².